The van der Waals surface area contributed by atoms with Gasteiger partial charge in [-0.1, -0.05) is 36.4 Å². The fourth-order valence-corrected chi connectivity index (χ4v) is 2.74. The van der Waals surface area contributed by atoms with Crippen LogP contribution in [0.1, 0.15) is 35.7 Å². The van der Waals surface area contributed by atoms with Crippen molar-refractivity contribution in [1.82, 2.24) is 25.4 Å². The van der Waals surface area contributed by atoms with Gasteiger partial charge in [0.15, 0.2) is 23.4 Å². The van der Waals surface area contributed by atoms with E-state index < -0.39 is 11.6 Å². The number of benzene rings is 2. The number of aliphatic imine (C=N–C) groups is 1. The fourth-order valence-electron chi connectivity index (χ4n) is 2.74. The van der Waals surface area contributed by atoms with Gasteiger partial charge in [-0.25, -0.2) is 13.8 Å². The number of aryl methyl sites for hydroxylation is 1. The molecule has 0 aliphatic heterocycles. The molecule has 0 saturated carbocycles. The molecule has 160 valence electrons. The molecule has 0 bridgehead atoms. The number of rotatable bonds is 6. The van der Waals surface area contributed by atoms with Gasteiger partial charge in [0, 0.05) is 7.05 Å². The van der Waals surface area contributed by atoms with Gasteiger partial charge in [0.1, 0.15) is 5.82 Å². The Hall–Kier alpha value is -2.56. The van der Waals surface area contributed by atoms with E-state index in [0.29, 0.717) is 24.6 Å². The van der Waals surface area contributed by atoms with E-state index in [-0.39, 0.29) is 30.0 Å². The second kappa shape index (κ2) is 11.0. The molecule has 1 heterocycles. The van der Waals surface area contributed by atoms with E-state index in [1.165, 1.54) is 6.07 Å². The highest BCUT2D eigenvalue weighted by atomic mass is 127. The smallest absolute Gasteiger partial charge is 0.192 e. The quantitative estimate of drug-likeness (QED) is 0.290. The first-order valence-corrected chi connectivity index (χ1v) is 9.32. The first kappa shape index (κ1) is 23.7. The van der Waals surface area contributed by atoms with Gasteiger partial charge in [-0.05, 0) is 37.1 Å². The summed E-state index contributed by atoms with van der Waals surface area (Å²) in [5, 5.41) is 14.7. The highest BCUT2D eigenvalue weighted by molar-refractivity contribution is 14.0. The SMILES string of the molecule is Cc1nnc(CNC(=NCc2ccccc2)NC(C)c2ccc(F)c(F)c2)n1C.I. The van der Waals surface area contributed by atoms with Crippen LogP contribution in [0.3, 0.4) is 0 Å². The van der Waals surface area contributed by atoms with Crippen LogP contribution in [0.5, 0.6) is 0 Å². The van der Waals surface area contributed by atoms with Crippen LogP contribution in [0.2, 0.25) is 0 Å². The second-order valence-corrected chi connectivity index (χ2v) is 6.77. The van der Waals surface area contributed by atoms with Gasteiger partial charge in [-0.15, -0.1) is 34.2 Å². The van der Waals surface area contributed by atoms with Crippen LogP contribution in [0, 0.1) is 18.6 Å². The van der Waals surface area contributed by atoms with Crippen LogP contribution < -0.4 is 10.6 Å². The summed E-state index contributed by atoms with van der Waals surface area (Å²) < 4.78 is 28.7. The Labute approximate surface area is 191 Å². The van der Waals surface area contributed by atoms with E-state index in [1.54, 1.807) is 6.07 Å². The van der Waals surface area contributed by atoms with Gasteiger partial charge < -0.3 is 15.2 Å². The van der Waals surface area contributed by atoms with Crippen molar-refractivity contribution < 1.29 is 8.78 Å². The molecule has 2 N–H and O–H groups in total. The Morgan fingerprint density at radius 3 is 2.47 bits per heavy atom. The van der Waals surface area contributed by atoms with E-state index >= 15 is 0 Å². The van der Waals surface area contributed by atoms with E-state index in [0.717, 1.165) is 23.3 Å². The van der Waals surface area contributed by atoms with Crippen LogP contribution in [0.15, 0.2) is 53.5 Å². The molecule has 1 unspecified atom stereocenters. The molecule has 0 aliphatic rings. The predicted molar refractivity (Wildman–Crippen MR) is 123 cm³/mol. The van der Waals surface area contributed by atoms with Gasteiger partial charge in [-0.3, -0.25) is 0 Å². The van der Waals surface area contributed by atoms with E-state index in [2.05, 4.69) is 25.8 Å². The first-order valence-electron chi connectivity index (χ1n) is 9.32. The number of halogens is 3. The zero-order chi connectivity index (χ0) is 20.8. The molecule has 0 radical (unpaired) electrons. The lowest BCUT2D eigenvalue weighted by Crippen LogP contribution is -2.39. The Morgan fingerprint density at radius 2 is 1.83 bits per heavy atom. The molecule has 2 aromatic carbocycles. The maximum absolute atomic E-state index is 13.6. The predicted octanol–water partition coefficient (Wildman–Crippen LogP) is 4.02. The number of nitrogens with zero attached hydrogens (tertiary/aromatic N) is 4. The van der Waals surface area contributed by atoms with E-state index in [4.69, 9.17) is 0 Å². The van der Waals surface area contributed by atoms with Crippen molar-refractivity contribution in [3.05, 3.63) is 82.9 Å². The molecule has 0 aliphatic carbocycles. The molecular weight excluding hydrogens is 501 g/mol. The van der Waals surface area contributed by atoms with Crippen molar-refractivity contribution >= 4 is 29.9 Å². The maximum atomic E-state index is 13.6. The molecule has 6 nitrogen and oxygen atoms in total. The summed E-state index contributed by atoms with van der Waals surface area (Å²) in [6.45, 7) is 4.63. The summed E-state index contributed by atoms with van der Waals surface area (Å²) in [6.07, 6.45) is 0. The average Bonchev–Trinajstić information content (AvgIpc) is 3.04. The Balaban J connectivity index is 0.00000320. The molecule has 9 heteroatoms. The number of nitrogens with one attached hydrogen (secondary N) is 2. The zero-order valence-corrected chi connectivity index (χ0v) is 19.4. The summed E-state index contributed by atoms with van der Waals surface area (Å²) >= 11 is 0. The normalized spacial score (nSPS) is 12.2. The monoisotopic (exact) mass is 526 g/mol. The minimum absolute atomic E-state index is 0. The van der Waals surface area contributed by atoms with Crippen molar-refractivity contribution in [2.24, 2.45) is 12.0 Å². The number of guanidine groups is 1. The van der Waals surface area contributed by atoms with Gasteiger partial charge in [0.2, 0.25) is 0 Å². The summed E-state index contributed by atoms with van der Waals surface area (Å²) in [5.41, 5.74) is 1.68. The molecular formula is C21H25F2IN6. The minimum atomic E-state index is -0.874. The maximum Gasteiger partial charge on any atom is 0.192 e. The van der Waals surface area contributed by atoms with E-state index in [1.807, 2.05) is 55.8 Å². The van der Waals surface area contributed by atoms with Gasteiger partial charge in [-0.2, -0.15) is 0 Å². The van der Waals surface area contributed by atoms with Crippen molar-refractivity contribution in [2.75, 3.05) is 0 Å². The standard InChI is InChI=1S/C21H24F2N6.HI/c1-14(17-9-10-18(22)19(23)11-17)26-21(24-12-16-7-5-4-6-8-16)25-13-20-28-27-15(2)29(20)3;/h4-11,14H,12-13H2,1-3H3,(H2,24,25,26);1H. The highest BCUT2D eigenvalue weighted by Crippen LogP contribution is 2.16. The van der Waals surface area contributed by atoms with Crippen molar-refractivity contribution in [3.8, 4) is 0 Å². The lowest BCUT2D eigenvalue weighted by molar-refractivity contribution is 0.504. The van der Waals surface area contributed by atoms with Crippen LogP contribution in [0.25, 0.3) is 0 Å². The minimum Gasteiger partial charge on any atom is -0.350 e. The second-order valence-electron chi connectivity index (χ2n) is 6.77. The third kappa shape index (κ3) is 6.22. The molecule has 30 heavy (non-hydrogen) atoms. The number of hydrogen-bond donors (Lipinski definition) is 2. The van der Waals surface area contributed by atoms with Crippen LogP contribution in [-0.2, 0) is 20.1 Å². The largest absolute Gasteiger partial charge is 0.350 e. The Morgan fingerprint density at radius 1 is 1.10 bits per heavy atom. The molecule has 0 amide bonds. The van der Waals surface area contributed by atoms with Crippen LogP contribution in [0.4, 0.5) is 8.78 Å². The molecule has 1 aromatic heterocycles. The van der Waals surface area contributed by atoms with Crippen LogP contribution >= 0.6 is 24.0 Å². The van der Waals surface area contributed by atoms with Crippen LogP contribution in [-0.4, -0.2) is 20.7 Å². The number of hydrogen-bond acceptors (Lipinski definition) is 3. The highest BCUT2D eigenvalue weighted by Gasteiger charge is 2.12. The third-order valence-electron chi connectivity index (χ3n) is 4.66. The van der Waals surface area contributed by atoms with Crippen molar-refractivity contribution in [3.63, 3.8) is 0 Å². The molecule has 1 atom stereocenters. The third-order valence-corrected chi connectivity index (χ3v) is 4.66. The summed E-state index contributed by atoms with van der Waals surface area (Å²) in [5.74, 6) is 0.368. The average molecular weight is 526 g/mol. The summed E-state index contributed by atoms with van der Waals surface area (Å²) in [6, 6.07) is 13.4. The number of aromatic nitrogens is 3. The van der Waals surface area contributed by atoms with E-state index in [9.17, 15) is 8.78 Å². The van der Waals surface area contributed by atoms with Crippen molar-refractivity contribution in [1.29, 1.82) is 0 Å². The summed E-state index contributed by atoms with van der Waals surface area (Å²) in [4.78, 5) is 4.62. The summed E-state index contributed by atoms with van der Waals surface area (Å²) in [7, 11) is 1.89. The van der Waals surface area contributed by atoms with Gasteiger partial charge in [0.05, 0.1) is 19.1 Å². The topological polar surface area (TPSA) is 67.1 Å². The Kier molecular flexibility index (Phi) is 8.70. The fraction of sp³-hybridized carbons (Fsp3) is 0.286. The van der Waals surface area contributed by atoms with Gasteiger partial charge in [0.25, 0.3) is 0 Å². The zero-order valence-electron chi connectivity index (χ0n) is 17.1. The Bertz CT molecular complexity index is 990. The molecule has 3 rings (SSSR count). The molecule has 0 spiro atoms. The molecule has 3 aromatic rings. The molecule has 0 saturated heterocycles. The molecule has 0 fully saturated rings. The first-order chi connectivity index (χ1) is 13.9. The van der Waals surface area contributed by atoms with Gasteiger partial charge >= 0.3 is 0 Å². The van der Waals surface area contributed by atoms with Crippen molar-refractivity contribution in [2.45, 2.75) is 33.0 Å². The lowest BCUT2D eigenvalue weighted by atomic mass is 10.1. The lowest BCUT2D eigenvalue weighted by Gasteiger charge is -2.19.